The second-order valence-electron chi connectivity index (χ2n) is 16.9. The molecule has 328 valence electrons. The standard InChI is InChI=1S/C47H65N3O10/c1-8-10-12-24-47(25-13-11-9-2)58-39-29-36(28-38(42(39)60-47)57-45(56)35-19-14-16-32(26-35)20-22-40(52)50(6)7)43(54)48-30-33-17-15-18-34(27-33)44(55)49-37(31-51)21-23-41(53)59-46(3,4)5/h14-20,22,26-27,29,37-39,42,51H,8-13,21,23-25,28,30-31H2,1-7H3,(H,48,54)(H,49,55)/t37-,38+,39+,42-/m0/s1. The second kappa shape index (κ2) is 22.7. The van der Waals surface area contributed by atoms with E-state index in [2.05, 4.69) is 24.5 Å². The fourth-order valence-corrected chi connectivity index (χ4v) is 7.17. The van der Waals surface area contributed by atoms with Gasteiger partial charge in [0.05, 0.1) is 18.2 Å². The predicted octanol–water partition coefficient (Wildman–Crippen LogP) is 6.81. The van der Waals surface area contributed by atoms with Crippen LogP contribution in [0.3, 0.4) is 0 Å². The van der Waals surface area contributed by atoms with E-state index in [0.717, 1.165) is 38.5 Å². The van der Waals surface area contributed by atoms with E-state index in [1.165, 1.54) is 11.0 Å². The Labute approximate surface area is 355 Å². The molecule has 1 heterocycles. The molecule has 4 atom stereocenters. The lowest BCUT2D eigenvalue weighted by Crippen LogP contribution is -2.43. The minimum absolute atomic E-state index is 0.0352. The Balaban J connectivity index is 1.50. The van der Waals surface area contributed by atoms with Gasteiger partial charge in [-0.1, -0.05) is 63.8 Å². The summed E-state index contributed by atoms with van der Waals surface area (Å²) in [6, 6.07) is 12.9. The molecule has 1 fully saturated rings. The Morgan fingerprint density at radius 1 is 0.933 bits per heavy atom. The third-order valence-electron chi connectivity index (χ3n) is 10.3. The molecule has 0 aromatic heterocycles. The molecule has 13 nitrogen and oxygen atoms in total. The molecule has 0 unspecified atom stereocenters. The first-order valence-corrected chi connectivity index (χ1v) is 21.3. The van der Waals surface area contributed by atoms with E-state index < -0.39 is 53.6 Å². The summed E-state index contributed by atoms with van der Waals surface area (Å²) in [5, 5.41) is 15.6. The molecule has 1 aliphatic carbocycles. The number of amides is 3. The van der Waals surface area contributed by atoms with Crippen LogP contribution in [0.2, 0.25) is 0 Å². The van der Waals surface area contributed by atoms with Crippen molar-refractivity contribution in [2.24, 2.45) is 0 Å². The molecule has 0 radical (unpaired) electrons. The number of nitrogens with zero attached hydrogens (tertiary/aromatic N) is 1. The lowest BCUT2D eigenvalue weighted by molar-refractivity contribution is -0.190. The quantitative estimate of drug-likeness (QED) is 0.0690. The van der Waals surface area contributed by atoms with Gasteiger partial charge in [-0.05, 0) is 87.6 Å². The SMILES string of the molecule is CCCCCC1(CCCCC)O[C@@H]2[C@@H](C=C(C(=O)NCc3cccc(C(=O)N[C@H](CO)CCC(=O)OC(C)(C)C)c3)C[C@H]2OC(=O)c2cccc(C=CC(=O)N(C)C)c2)O1. The van der Waals surface area contributed by atoms with Gasteiger partial charge in [-0.2, -0.15) is 0 Å². The van der Waals surface area contributed by atoms with Gasteiger partial charge in [0.15, 0.2) is 5.79 Å². The average Bonchev–Trinajstić information content (AvgIpc) is 3.58. The van der Waals surface area contributed by atoms with Gasteiger partial charge in [-0.25, -0.2) is 4.79 Å². The highest BCUT2D eigenvalue weighted by Gasteiger charge is 2.52. The first-order chi connectivity index (χ1) is 28.5. The highest BCUT2D eigenvalue weighted by Crippen LogP contribution is 2.43. The minimum Gasteiger partial charge on any atom is -0.460 e. The molecule has 2 aromatic rings. The summed E-state index contributed by atoms with van der Waals surface area (Å²) in [4.78, 5) is 66.6. The number of nitrogens with one attached hydrogen (secondary N) is 2. The van der Waals surface area contributed by atoms with E-state index in [4.69, 9.17) is 18.9 Å². The summed E-state index contributed by atoms with van der Waals surface area (Å²) >= 11 is 0. The summed E-state index contributed by atoms with van der Waals surface area (Å²) in [6.45, 7) is 9.35. The number of carbonyl (C=O) groups excluding carboxylic acids is 5. The molecule has 0 spiro atoms. The number of fused-ring (bicyclic) bond motifs is 1. The van der Waals surface area contributed by atoms with Crippen molar-refractivity contribution in [2.75, 3.05) is 20.7 Å². The lowest BCUT2D eigenvalue weighted by atomic mass is 9.91. The molecule has 4 rings (SSSR count). The smallest absolute Gasteiger partial charge is 0.338 e. The molecular weight excluding hydrogens is 767 g/mol. The van der Waals surface area contributed by atoms with Crippen molar-refractivity contribution in [2.45, 2.75) is 148 Å². The zero-order valence-corrected chi connectivity index (χ0v) is 36.4. The lowest BCUT2D eigenvalue weighted by Gasteiger charge is -2.31. The highest BCUT2D eigenvalue weighted by atomic mass is 16.8. The van der Waals surface area contributed by atoms with Crippen molar-refractivity contribution in [1.82, 2.24) is 15.5 Å². The van der Waals surface area contributed by atoms with E-state index in [0.29, 0.717) is 40.7 Å². The maximum absolute atomic E-state index is 13.9. The fraction of sp³-hybridized carbons (Fsp3) is 0.553. The van der Waals surface area contributed by atoms with Gasteiger partial charge >= 0.3 is 11.9 Å². The van der Waals surface area contributed by atoms with Crippen LogP contribution in [0.5, 0.6) is 0 Å². The number of likely N-dealkylation sites (N-methyl/N-ethyl adjacent to an activating group) is 1. The van der Waals surface area contributed by atoms with Crippen LogP contribution >= 0.6 is 0 Å². The predicted molar refractivity (Wildman–Crippen MR) is 229 cm³/mol. The van der Waals surface area contributed by atoms with Crippen LogP contribution in [0.15, 0.2) is 66.3 Å². The van der Waals surface area contributed by atoms with Crippen molar-refractivity contribution in [3.05, 3.63) is 88.5 Å². The number of esters is 2. The molecule has 3 amide bonds. The Kier molecular flexibility index (Phi) is 18.1. The van der Waals surface area contributed by atoms with Gasteiger partial charge in [0, 0.05) is 63.5 Å². The van der Waals surface area contributed by atoms with Gasteiger partial charge in [-0.3, -0.25) is 19.2 Å². The van der Waals surface area contributed by atoms with Crippen molar-refractivity contribution in [3.8, 4) is 0 Å². The first kappa shape index (κ1) is 47.8. The van der Waals surface area contributed by atoms with E-state index in [9.17, 15) is 29.1 Å². The summed E-state index contributed by atoms with van der Waals surface area (Å²) in [5.74, 6) is -2.87. The Bertz CT molecular complexity index is 1840. The number of aliphatic hydroxyl groups is 1. The van der Waals surface area contributed by atoms with Crippen LogP contribution < -0.4 is 10.6 Å². The number of hydrogen-bond acceptors (Lipinski definition) is 10. The molecule has 1 aliphatic heterocycles. The largest absolute Gasteiger partial charge is 0.460 e. The van der Waals surface area contributed by atoms with Gasteiger partial charge in [-0.15, -0.1) is 0 Å². The molecule has 0 bridgehead atoms. The molecule has 0 saturated carbocycles. The van der Waals surface area contributed by atoms with Gasteiger partial charge in [0.1, 0.15) is 23.9 Å². The Morgan fingerprint density at radius 3 is 2.27 bits per heavy atom. The number of aliphatic hydroxyl groups excluding tert-OH is 1. The average molecular weight is 832 g/mol. The molecule has 13 heteroatoms. The van der Waals surface area contributed by atoms with E-state index >= 15 is 0 Å². The minimum atomic E-state index is -0.873. The second-order valence-corrected chi connectivity index (χ2v) is 16.9. The maximum Gasteiger partial charge on any atom is 0.338 e. The molecular formula is C47H65N3O10. The van der Waals surface area contributed by atoms with E-state index in [-0.39, 0.29) is 44.2 Å². The molecule has 1 saturated heterocycles. The summed E-state index contributed by atoms with van der Waals surface area (Å²) < 4.78 is 25.0. The molecule has 2 aromatic carbocycles. The van der Waals surface area contributed by atoms with E-state index in [1.54, 1.807) is 95.5 Å². The highest BCUT2D eigenvalue weighted by molar-refractivity contribution is 5.96. The normalized spacial score (nSPS) is 18.9. The van der Waals surface area contributed by atoms with Crippen molar-refractivity contribution in [1.29, 1.82) is 0 Å². The summed E-state index contributed by atoms with van der Waals surface area (Å²) in [6.07, 6.45) is 10.4. The fourth-order valence-electron chi connectivity index (χ4n) is 7.17. The van der Waals surface area contributed by atoms with Crippen molar-refractivity contribution >= 4 is 35.7 Å². The number of carbonyl (C=O) groups is 5. The zero-order valence-electron chi connectivity index (χ0n) is 36.4. The van der Waals surface area contributed by atoms with Crippen LogP contribution in [-0.4, -0.2) is 96.1 Å². The summed E-state index contributed by atoms with van der Waals surface area (Å²) in [7, 11) is 3.32. The first-order valence-electron chi connectivity index (χ1n) is 21.3. The number of benzene rings is 2. The van der Waals surface area contributed by atoms with Gasteiger partial charge in [0.2, 0.25) is 11.8 Å². The van der Waals surface area contributed by atoms with E-state index in [1.807, 2.05) is 0 Å². The zero-order chi connectivity index (χ0) is 43.9. The van der Waals surface area contributed by atoms with Crippen LogP contribution in [0.4, 0.5) is 0 Å². The summed E-state index contributed by atoms with van der Waals surface area (Å²) in [5.41, 5.74) is 1.69. The van der Waals surface area contributed by atoms with Crippen LogP contribution in [0.1, 0.15) is 137 Å². The van der Waals surface area contributed by atoms with Crippen molar-refractivity contribution < 1.29 is 48.0 Å². The maximum atomic E-state index is 13.9. The van der Waals surface area contributed by atoms with Gasteiger partial charge < -0.3 is 39.6 Å². The molecule has 3 N–H and O–H groups in total. The Hall–Kier alpha value is -4.85. The number of unbranched alkanes of at least 4 members (excludes halogenated alkanes) is 4. The number of hydrogen-bond donors (Lipinski definition) is 3. The Morgan fingerprint density at radius 2 is 1.62 bits per heavy atom. The third-order valence-corrected chi connectivity index (χ3v) is 10.3. The van der Waals surface area contributed by atoms with Gasteiger partial charge in [0.25, 0.3) is 5.91 Å². The van der Waals surface area contributed by atoms with Crippen LogP contribution in [0, 0.1) is 0 Å². The monoisotopic (exact) mass is 831 g/mol. The number of rotatable bonds is 21. The van der Waals surface area contributed by atoms with Crippen LogP contribution in [0.25, 0.3) is 6.08 Å². The third kappa shape index (κ3) is 14.7. The topological polar surface area (TPSA) is 170 Å². The van der Waals surface area contributed by atoms with Crippen LogP contribution in [-0.2, 0) is 39.9 Å². The number of ether oxygens (including phenoxy) is 4. The molecule has 60 heavy (non-hydrogen) atoms. The van der Waals surface area contributed by atoms with Crippen molar-refractivity contribution in [3.63, 3.8) is 0 Å². The molecule has 2 aliphatic rings.